The molecule has 0 aliphatic carbocycles. The van der Waals surface area contributed by atoms with Crippen molar-refractivity contribution in [1.82, 2.24) is 9.97 Å². The topological polar surface area (TPSA) is 25.8 Å². The van der Waals surface area contributed by atoms with Gasteiger partial charge in [0.2, 0.25) is 0 Å². The van der Waals surface area contributed by atoms with E-state index in [0.717, 1.165) is 4.90 Å². The van der Waals surface area contributed by atoms with Crippen LogP contribution in [0.5, 0.6) is 0 Å². The second-order valence-electron chi connectivity index (χ2n) is 3.14. The number of nitrogens with zero attached hydrogens (tertiary/aromatic N) is 2. The third kappa shape index (κ3) is 3.58. The van der Waals surface area contributed by atoms with Gasteiger partial charge in [-0.05, 0) is 28.1 Å². The summed E-state index contributed by atoms with van der Waals surface area (Å²) in [6, 6.07) is 10.0. The van der Waals surface area contributed by atoms with E-state index < -0.39 is 0 Å². The van der Waals surface area contributed by atoms with Gasteiger partial charge in [0.1, 0.15) is 16.1 Å². The first kappa shape index (κ1) is 13.1. The second kappa shape index (κ2) is 6.05. The number of halogens is 3. The van der Waals surface area contributed by atoms with Crippen molar-refractivity contribution in [1.29, 1.82) is 0 Å². The van der Waals surface area contributed by atoms with Crippen molar-refractivity contribution in [3.8, 4) is 0 Å². The minimum atomic E-state index is 0.341. The lowest BCUT2D eigenvalue weighted by molar-refractivity contribution is 1.02. The second-order valence-corrected chi connectivity index (χ2v) is 5.69. The van der Waals surface area contributed by atoms with Crippen molar-refractivity contribution < 1.29 is 0 Å². The maximum atomic E-state index is 5.91. The Morgan fingerprint density at radius 2 is 1.65 bits per heavy atom. The van der Waals surface area contributed by atoms with Gasteiger partial charge in [-0.15, -0.1) is 11.8 Å². The molecule has 0 amide bonds. The lowest BCUT2D eigenvalue weighted by Gasteiger charge is -2.03. The zero-order valence-corrected chi connectivity index (χ0v) is 12.4. The molecule has 6 heteroatoms. The standard InChI is InChI=1S/C11H7BrCl2N2S/c12-9-10(13)15-8(16-11(9)14)6-17-7-4-2-1-3-5-7/h1-5H,6H2. The molecule has 1 heterocycles. The van der Waals surface area contributed by atoms with E-state index in [2.05, 4.69) is 25.9 Å². The Balaban J connectivity index is 2.10. The van der Waals surface area contributed by atoms with E-state index >= 15 is 0 Å². The van der Waals surface area contributed by atoms with Crippen molar-refractivity contribution in [2.24, 2.45) is 0 Å². The summed E-state index contributed by atoms with van der Waals surface area (Å²) in [6.07, 6.45) is 0. The summed E-state index contributed by atoms with van der Waals surface area (Å²) in [4.78, 5) is 9.46. The van der Waals surface area contributed by atoms with Crippen molar-refractivity contribution in [2.45, 2.75) is 10.6 Å². The minimum Gasteiger partial charge on any atom is -0.219 e. The van der Waals surface area contributed by atoms with Crippen molar-refractivity contribution >= 4 is 50.9 Å². The Morgan fingerprint density at radius 3 is 2.24 bits per heavy atom. The van der Waals surface area contributed by atoms with Crippen LogP contribution < -0.4 is 0 Å². The summed E-state index contributed by atoms with van der Waals surface area (Å²) in [5, 5.41) is 0.683. The summed E-state index contributed by atoms with van der Waals surface area (Å²) in [7, 11) is 0. The van der Waals surface area contributed by atoms with Crippen LogP contribution in [0.25, 0.3) is 0 Å². The summed E-state index contributed by atoms with van der Waals surface area (Å²) >= 11 is 16.7. The highest BCUT2D eigenvalue weighted by Crippen LogP contribution is 2.28. The number of rotatable bonds is 3. The average molecular weight is 350 g/mol. The molecule has 0 saturated heterocycles. The molecule has 0 spiro atoms. The van der Waals surface area contributed by atoms with E-state index in [1.807, 2.05) is 30.3 Å². The summed E-state index contributed by atoms with van der Waals surface area (Å²) in [5.41, 5.74) is 0. The first-order valence-electron chi connectivity index (χ1n) is 4.72. The van der Waals surface area contributed by atoms with Crippen LogP contribution in [-0.4, -0.2) is 9.97 Å². The molecule has 0 fully saturated rings. The van der Waals surface area contributed by atoms with Crippen molar-refractivity contribution in [3.63, 3.8) is 0 Å². The molecule has 1 aromatic heterocycles. The number of thioether (sulfide) groups is 1. The molecule has 0 bridgehead atoms. The van der Waals surface area contributed by atoms with E-state index in [4.69, 9.17) is 23.2 Å². The molecule has 0 aliphatic rings. The van der Waals surface area contributed by atoms with Gasteiger partial charge in [0.25, 0.3) is 0 Å². The van der Waals surface area contributed by atoms with E-state index in [-0.39, 0.29) is 0 Å². The van der Waals surface area contributed by atoms with Crippen LogP contribution in [0, 0.1) is 0 Å². The van der Waals surface area contributed by atoms with Crippen LogP contribution in [0.3, 0.4) is 0 Å². The smallest absolute Gasteiger partial charge is 0.148 e. The maximum Gasteiger partial charge on any atom is 0.148 e. The summed E-state index contributed by atoms with van der Waals surface area (Å²) in [5.74, 6) is 1.26. The lowest BCUT2D eigenvalue weighted by Crippen LogP contribution is -1.94. The molecule has 17 heavy (non-hydrogen) atoms. The molecule has 88 valence electrons. The molecule has 0 N–H and O–H groups in total. The van der Waals surface area contributed by atoms with Gasteiger partial charge in [0, 0.05) is 4.90 Å². The van der Waals surface area contributed by atoms with Gasteiger partial charge >= 0.3 is 0 Å². The van der Waals surface area contributed by atoms with Crippen LogP contribution in [-0.2, 0) is 5.75 Å². The van der Waals surface area contributed by atoms with Gasteiger partial charge in [0.05, 0.1) is 10.2 Å². The van der Waals surface area contributed by atoms with Gasteiger partial charge < -0.3 is 0 Å². The Hall–Kier alpha value is -0.290. The molecule has 0 radical (unpaired) electrons. The average Bonchev–Trinajstić information content (AvgIpc) is 2.34. The van der Waals surface area contributed by atoms with E-state index in [9.17, 15) is 0 Å². The Labute approximate surface area is 122 Å². The predicted molar refractivity (Wildman–Crippen MR) is 75.8 cm³/mol. The molecular formula is C11H7BrCl2N2S. The predicted octanol–water partition coefficient (Wildman–Crippen LogP) is 4.84. The van der Waals surface area contributed by atoms with Crippen molar-refractivity contribution in [2.75, 3.05) is 0 Å². The fraction of sp³-hybridized carbons (Fsp3) is 0.0909. The van der Waals surface area contributed by atoms with Crippen LogP contribution in [0.4, 0.5) is 0 Å². The first-order valence-corrected chi connectivity index (χ1v) is 7.25. The highest BCUT2D eigenvalue weighted by molar-refractivity contribution is 9.10. The van der Waals surface area contributed by atoms with Crippen LogP contribution in [0.15, 0.2) is 39.7 Å². The van der Waals surface area contributed by atoms with Gasteiger partial charge in [-0.1, -0.05) is 41.4 Å². The number of hydrogen-bond donors (Lipinski definition) is 0. The molecule has 2 aromatic rings. The molecule has 0 saturated carbocycles. The third-order valence-corrected chi connectivity index (χ3v) is 4.69. The zero-order valence-electron chi connectivity index (χ0n) is 8.53. The normalized spacial score (nSPS) is 10.5. The molecular weight excluding hydrogens is 343 g/mol. The van der Waals surface area contributed by atoms with E-state index in [1.165, 1.54) is 0 Å². The molecule has 2 nitrogen and oxygen atoms in total. The lowest BCUT2D eigenvalue weighted by atomic mass is 10.4. The Morgan fingerprint density at radius 1 is 1.06 bits per heavy atom. The van der Waals surface area contributed by atoms with E-state index in [0.29, 0.717) is 26.4 Å². The van der Waals surface area contributed by atoms with E-state index in [1.54, 1.807) is 11.8 Å². The summed E-state index contributed by atoms with van der Waals surface area (Å²) in [6.45, 7) is 0. The van der Waals surface area contributed by atoms with Crippen LogP contribution in [0.1, 0.15) is 5.82 Å². The fourth-order valence-electron chi connectivity index (χ4n) is 1.16. The molecule has 1 aromatic carbocycles. The highest BCUT2D eigenvalue weighted by atomic mass is 79.9. The highest BCUT2D eigenvalue weighted by Gasteiger charge is 2.08. The van der Waals surface area contributed by atoms with Crippen LogP contribution >= 0.6 is 50.9 Å². The molecule has 2 rings (SSSR count). The van der Waals surface area contributed by atoms with Gasteiger partial charge in [-0.3, -0.25) is 0 Å². The Kier molecular flexibility index (Phi) is 4.68. The SMILES string of the molecule is Clc1nc(CSc2ccccc2)nc(Cl)c1Br. The summed E-state index contributed by atoms with van der Waals surface area (Å²) < 4.78 is 0.536. The van der Waals surface area contributed by atoms with Gasteiger partial charge in [-0.25, -0.2) is 9.97 Å². The van der Waals surface area contributed by atoms with Gasteiger partial charge in [-0.2, -0.15) is 0 Å². The number of benzene rings is 1. The molecule has 0 aliphatic heterocycles. The number of hydrogen-bond acceptors (Lipinski definition) is 3. The molecule has 0 unspecified atom stereocenters. The quantitative estimate of drug-likeness (QED) is 0.585. The monoisotopic (exact) mass is 348 g/mol. The first-order chi connectivity index (χ1) is 8.16. The fourth-order valence-corrected chi connectivity index (χ4v) is 2.54. The Bertz CT molecular complexity index is 499. The minimum absolute atomic E-state index is 0.341. The maximum absolute atomic E-state index is 5.91. The third-order valence-electron chi connectivity index (χ3n) is 1.93. The molecule has 0 atom stereocenters. The van der Waals surface area contributed by atoms with Crippen LogP contribution in [0.2, 0.25) is 10.3 Å². The van der Waals surface area contributed by atoms with Crippen molar-refractivity contribution in [3.05, 3.63) is 50.9 Å². The van der Waals surface area contributed by atoms with Gasteiger partial charge in [0.15, 0.2) is 0 Å². The number of aromatic nitrogens is 2. The zero-order chi connectivity index (χ0) is 12.3. The largest absolute Gasteiger partial charge is 0.219 e.